The molecule has 2 aliphatic heterocycles. The van der Waals surface area contributed by atoms with Crippen LogP contribution in [-0.4, -0.2) is 57.4 Å². The van der Waals surface area contributed by atoms with Gasteiger partial charge in [0.1, 0.15) is 17.0 Å². The Morgan fingerprint density at radius 2 is 2.08 bits per heavy atom. The number of carbonyl (C=O) groups is 3. The molecular formula is C14H16N2O7S2. The second-order valence-electron chi connectivity index (χ2n) is 6.45. The normalized spacial score (nSPS) is 30.3. The number of nitrogens with zero attached hydrogens (tertiary/aromatic N) is 2. The molecule has 0 bridgehead atoms. The Balaban J connectivity index is 2.07. The average molecular weight is 388 g/mol. The molecule has 3 rings (SSSR count). The van der Waals surface area contributed by atoms with Crippen LogP contribution in [-0.2, 0) is 29.0 Å². The summed E-state index contributed by atoms with van der Waals surface area (Å²) in [5.41, 5.74) is 0. The topological polar surface area (TPSA) is 131 Å². The molecule has 1 aromatic rings. The quantitative estimate of drug-likeness (QED) is 0.571. The van der Waals surface area contributed by atoms with Crippen molar-refractivity contribution in [3.8, 4) is 0 Å². The van der Waals surface area contributed by atoms with Crippen LogP contribution in [0.4, 0.5) is 0 Å². The molecule has 0 spiro atoms. The van der Waals surface area contributed by atoms with E-state index in [2.05, 4.69) is 4.98 Å². The summed E-state index contributed by atoms with van der Waals surface area (Å²) in [5.74, 6) is -3.95. The highest BCUT2D eigenvalue weighted by Crippen LogP contribution is 2.53. The molecule has 2 fully saturated rings. The largest absolute Gasteiger partial charge is 0.480 e. The SMILES string of the molecule is CC(=O)OC(c1nccs1)[C@@H]1C(=O)N2[C@@H](C(=O)O)C(C)(C)S(=O)(=O)[C@H]12. The zero-order valence-electron chi connectivity index (χ0n) is 13.6. The van der Waals surface area contributed by atoms with E-state index in [1.807, 2.05) is 0 Å². The number of carboxylic acids is 1. The number of esters is 1. The van der Waals surface area contributed by atoms with Crippen molar-refractivity contribution in [2.45, 2.75) is 43.0 Å². The molecule has 2 saturated heterocycles. The minimum Gasteiger partial charge on any atom is -0.480 e. The number of hydrogen-bond acceptors (Lipinski definition) is 8. The van der Waals surface area contributed by atoms with E-state index in [0.29, 0.717) is 5.01 Å². The van der Waals surface area contributed by atoms with Crippen LogP contribution in [0.25, 0.3) is 0 Å². The zero-order valence-corrected chi connectivity index (χ0v) is 15.2. The lowest BCUT2D eigenvalue weighted by Gasteiger charge is -2.44. The van der Waals surface area contributed by atoms with Gasteiger partial charge >= 0.3 is 11.9 Å². The first-order valence-corrected chi connectivity index (χ1v) is 9.79. The van der Waals surface area contributed by atoms with Gasteiger partial charge in [-0.2, -0.15) is 0 Å². The molecule has 1 amide bonds. The number of amides is 1. The summed E-state index contributed by atoms with van der Waals surface area (Å²) in [5, 5.41) is 9.97. The minimum absolute atomic E-state index is 0.292. The molecular weight excluding hydrogens is 372 g/mol. The number of aliphatic carboxylic acids is 1. The summed E-state index contributed by atoms with van der Waals surface area (Å²) in [6.07, 6.45) is 0.286. The lowest BCUT2D eigenvalue weighted by Crippen LogP contribution is -2.65. The molecule has 0 aliphatic carbocycles. The van der Waals surface area contributed by atoms with Crippen molar-refractivity contribution in [1.82, 2.24) is 9.88 Å². The van der Waals surface area contributed by atoms with Crippen molar-refractivity contribution in [2.24, 2.45) is 5.92 Å². The van der Waals surface area contributed by atoms with Crippen LogP contribution in [0.15, 0.2) is 11.6 Å². The first-order chi connectivity index (χ1) is 11.5. The molecule has 25 heavy (non-hydrogen) atoms. The zero-order chi connectivity index (χ0) is 18.7. The number of carboxylic acid groups (broad SMARTS) is 1. The summed E-state index contributed by atoms with van der Waals surface area (Å²) in [7, 11) is -4.00. The number of hydrogen-bond donors (Lipinski definition) is 1. The Bertz CT molecular complexity index is 847. The van der Waals surface area contributed by atoms with E-state index in [1.54, 1.807) is 5.38 Å². The molecule has 0 radical (unpaired) electrons. The third-order valence-electron chi connectivity index (χ3n) is 4.66. The Morgan fingerprint density at radius 1 is 1.44 bits per heavy atom. The fourth-order valence-electron chi connectivity index (χ4n) is 3.46. The van der Waals surface area contributed by atoms with Crippen LogP contribution >= 0.6 is 11.3 Å². The molecule has 0 saturated carbocycles. The summed E-state index contributed by atoms with van der Waals surface area (Å²) in [6, 6.07) is -1.49. The van der Waals surface area contributed by atoms with Gasteiger partial charge in [0.05, 0.1) is 4.75 Å². The van der Waals surface area contributed by atoms with Crippen LogP contribution in [0.3, 0.4) is 0 Å². The predicted molar refractivity (Wildman–Crippen MR) is 85.2 cm³/mol. The van der Waals surface area contributed by atoms with E-state index in [0.717, 1.165) is 23.2 Å². The predicted octanol–water partition coefficient (Wildman–Crippen LogP) is 0.192. The number of fused-ring (bicyclic) bond motifs is 1. The molecule has 0 aromatic carbocycles. The van der Waals surface area contributed by atoms with Gasteiger partial charge in [0, 0.05) is 18.5 Å². The molecule has 136 valence electrons. The summed E-state index contributed by atoms with van der Waals surface area (Å²) >= 11 is 1.12. The third-order valence-corrected chi connectivity index (χ3v) is 8.34. The second kappa shape index (κ2) is 5.49. The maximum atomic E-state index is 12.9. The average Bonchev–Trinajstić information content (AvgIpc) is 3.04. The number of ether oxygens (including phenoxy) is 1. The van der Waals surface area contributed by atoms with Gasteiger partial charge in [0.2, 0.25) is 5.91 Å². The lowest BCUT2D eigenvalue weighted by atomic mass is 9.88. The van der Waals surface area contributed by atoms with Gasteiger partial charge in [0.25, 0.3) is 0 Å². The summed E-state index contributed by atoms with van der Waals surface area (Å²) in [4.78, 5) is 40.5. The fourth-order valence-corrected chi connectivity index (χ4v) is 6.48. The van der Waals surface area contributed by atoms with Crippen molar-refractivity contribution in [2.75, 3.05) is 0 Å². The molecule has 9 nitrogen and oxygen atoms in total. The Morgan fingerprint density at radius 3 is 2.56 bits per heavy atom. The van der Waals surface area contributed by atoms with Crippen molar-refractivity contribution in [3.63, 3.8) is 0 Å². The fraction of sp³-hybridized carbons (Fsp3) is 0.571. The minimum atomic E-state index is -4.00. The first kappa shape index (κ1) is 17.8. The Labute approximate surface area is 147 Å². The number of rotatable bonds is 4. The van der Waals surface area contributed by atoms with Gasteiger partial charge in [-0.25, -0.2) is 18.2 Å². The smallest absolute Gasteiger partial charge is 0.328 e. The maximum absolute atomic E-state index is 12.9. The van der Waals surface area contributed by atoms with Crippen molar-refractivity contribution in [1.29, 1.82) is 0 Å². The standard InChI is InChI=1S/C14H16N2O7S2/c1-6(17)23-8(10-15-4-5-24-10)7-11(18)16-9(13(19)20)14(2,3)25(21,22)12(7)16/h4-5,7-9,12H,1-3H3,(H,19,20)/t7-,8?,9+,12-/m1/s1. The number of thiazole rings is 1. The monoisotopic (exact) mass is 388 g/mol. The third kappa shape index (κ3) is 2.29. The van der Waals surface area contributed by atoms with Gasteiger partial charge in [-0.15, -0.1) is 11.3 Å². The molecule has 2 aliphatic rings. The van der Waals surface area contributed by atoms with Crippen LogP contribution < -0.4 is 0 Å². The molecule has 1 N–H and O–H groups in total. The highest BCUT2D eigenvalue weighted by molar-refractivity contribution is 7.93. The highest BCUT2D eigenvalue weighted by atomic mass is 32.2. The van der Waals surface area contributed by atoms with Gasteiger partial charge in [-0.05, 0) is 13.8 Å². The molecule has 11 heteroatoms. The van der Waals surface area contributed by atoms with Gasteiger partial charge in [-0.1, -0.05) is 0 Å². The molecule has 4 atom stereocenters. The van der Waals surface area contributed by atoms with E-state index in [4.69, 9.17) is 4.74 Å². The number of carbonyl (C=O) groups excluding carboxylic acids is 2. The maximum Gasteiger partial charge on any atom is 0.328 e. The summed E-state index contributed by atoms with van der Waals surface area (Å²) < 4.78 is 29.3. The number of β-lactam (4-membered cyclic amide) rings is 1. The van der Waals surface area contributed by atoms with Crippen molar-refractivity contribution >= 4 is 39.0 Å². The van der Waals surface area contributed by atoms with Crippen LogP contribution in [0.5, 0.6) is 0 Å². The molecule has 1 unspecified atom stereocenters. The van der Waals surface area contributed by atoms with E-state index in [9.17, 15) is 27.9 Å². The van der Waals surface area contributed by atoms with Crippen molar-refractivity contribution < 1.29 is 32.6 Å². The number of sulfone groups is 1. The Kier molecular flexibility index (Phi) is 3.91. The van der Waals surface area contributed by atoms with Gasteiger partial charge in [-0.3, -0.25) is 9.59 Å². The summed E-state index contributed by atoms with van der Waals surface area (Å²) in [6.45, 7) is 3.72. The van der Waals surface area contributed by atoms with E-state index >= 15 is 0 Å². The number of aromatic nitrogens is 1. The molecule has 1 aromatic heterocycles. The van der Waals surface area contributed by atoms with E-state index < -0.39 is 55.9 Å². The van der Waals surface area contributed by atoms with Crippen LogP contribution in [0, 0.1) is 5.92 Å². The highest BCUT2D eigenvalue weighted by Gasteiger charge is 2.74. The van der Waals surface area contributed by atoms with Gasteiger partial charge < -0.3 is 14.7 Å². The Hall–Kier alpha value is -2.01. The van der Waals surface area contributed by atoms with Gasteiger partial charge in [0.15, 0.2) is 21.3 Å². The lowest BCUT2D eigenvalue weighted by molar-refractivity contribution is -0.175. The second-order valence-corrected chi connectivity index (χ2v) is 10.0. The first-order valence-electron chi connectivity index (χ1n) is 7.37. The van der Waals surface area contributed by atoms with E-state index in [1.165, 1.54) is 20.0 Å². The van der Waals surface area contributed by atoms with Crippen molar-refractivity contribution in [3.05, 3.63) is 16.6 Å². The van der Waals surface area contributed by atoms with Crippen LogP contribution in [0.1, 0.15) is 31.9 Å². The van der Waals surface area contributed by atoms with E-state index in [-0.39, 0.29) is 0 Å². The van der Waals surface area contributed by atoms with Crippen LogP contribution in [0.2, 0.25) is 0 Å². The molecule has 3 heterocycles.